The molecule has 0 aliphatic heterocycles. The third-order valence-electron chi connectivity index (χ3n) is 2.19. The Bertz CT molecular complexity index is 281. The van der Waals surface area contributed by atoms with Crippen molar-refractivity contribution in [2.24, 2.45) is 11.7 Å². The fraction of sp³-hybridized carbons (Fsp3) is 0.600. The molecule has 1 aromatic heterocycles. The summed E-state index contributed by atoms with van der Waals surface area (Å²) in [6.45, 7) is 4.15. The Morgan fingerprint density at radius 3 is 2.67 bits per heavy atom. The summed E-state index contributed by atoms with van der Waals surface area (Å²) in [6.07, 6.45) is 4.94. The number of hydrogen-bond acceptors (Lipinski definition) is 5. The summed E-state index contributed by atoms with van der Waals surface area (Å²) in [5.74, 6) is 0.339. The van der Waals surface area contributed by atoms with Crippen LogP contribution in [-0.4, -0.2) is 33.0 Å². The summed E-state index contributed by atoms with van der Waals surface area (Å²) in [5, 5.41) is 10.0. The Balaban J connectivity index is 2.62. The second kappa shape index (κ2) is 6.05. The largest absolute Gasteiger partial charge is 0.395 e. The van der Waals surface area contributed by atoms with E-state index in [4.69, 9.17) is 5.73 Å². The predicted octanol–water partition coefficient (Wildman–Crippen LogP) is 0.913. The van der Waals surface area contributed by atoms with Crippen LogP contribution in [0.4, 0.5) is 0 Å². The highest BCUT2D eigenvalue weighted by molar-refractivity contribution is 7.99. The van der Waals surface area contributed by atoms with Crippen LogP contribution in [0.1, 0.15) is 13.8 Å². The second-order valence-electron chi connectivity index (χ2n) is 3.70. The predicted molar refractivity (Wildman–Crippen MR) is 61.6 cm³/mol. The van der Waals surface area contributed by atoms with Crippen molar-refractivity contribution in [2.45, 2.75) is 30.2 Å². The molecule has 0 fully saturated rings. The van der Waals surface area contributed by atoms with E-state index in [1.165, 1.54) is 11.8 Å². The van der Waals surface area contributed by atoms with Gasteiger partial charge in [-0.3, -0.25) is 4.98 Å². The van der Waals surface area contributed by atoms with E-state index >= 15 is 0 Å². The van der Waals surface area contributed by atoms with Crippen molar-refractivity contribution in [3.05, 3.63) is 18.6 Å². The van der Waals surface area contributed by atoms with Gasteiger partial charge in [0.05, 0.1) is 12.8 Å². The van der Waals surface area contributed by atoms with Crippen molar-refractivity contribution >= 4 is 11.8 Å². The standard InChI is InChI=1S/C10H17N3OS/c1-7(2)10(11)8(6-14)15-9-5-12-3-4-13-9/h3-5,7-8,10,14H,6,11H2,1-2H3. The molecule has 5 heteroatoms. The van der Waals surface area contributed by atoms with Gasteiger partial charge in [0.2, 0.25) is 0 Å². The maximum Gasteiger partial charge on any atom is 0.115 e. The molecule has 1 heterocycles. The fourth-order valence-corrected chi connectivity index (χ4v) is 2.27. The van der Waals surface area contributed by atoms with E-state index < -0.39 is 0 Å². The van der Waals surface area contributed by atoms with E-state index in [2.05, 4.69) is 9.97 Å². The number of hydrogen-bond donors (Lipinski definition) is 2. The van der Waals surface area contributed by atoms with E-state index in [0.717, 1.165) is 5.03 Å². The van der Waals surface area contributed by atoms with Gasteiger partial charge in [-0.05, 0) is 5.92 Å². The molecule has 0 aromatic carbocycles. The summed E-state index contributed by atoms with van der Waals surface area (Å²) in [7, 11) is 0. The number of nitrogens with two attached hydrogens (primary N) is 1. The van der Waals surface area contributed by atoms with Crippen LogP contribution in [0.25, 0.3) is 0 Å². The van der Waals surface area contributed by atoms with Crippen LogP contribution in [0, 0.1) is 5.92 Å². The van der Waals surface area contributed by atoms with Gasteiger partial charge in [-0.1, -0.05) is 25.6 Å². The second-order valence-corrected chi connectivity index (χ2v) is 4.96. The fourth-order valence-electron chi connectivity index (χ4n) is 1.17. The number of aromatic nitrogens is 2. The summed E-state index contributed by atoms with van der Waals surface area (Å²) >= 11 is 1.48. The smallest absolute Gasteiger partial charge is 0.115 e. The Labute approximate surface area is 94.3 Å². The van der Waals surface area contributed by atoms with Gasteiger partial charge in [0.15, 0.2) is 0 Å². The lowest BCUT2D eigenvalue weighted by Crippen LogP contribution is -2.39. The van der Waals surface area contributed by atoms with Gasteiger partial charge in [-0.2, -0.15) is 0 Å². The highest BCUT2D eigenvalue weighted by atomic mass is 32.2. The molecule has 0 bridgehead atoms. The van der Waals surface area contributed by atoms with E-state index in [9.17, 15) is 5.11 Å². The molecule has 0 amide bonds. The Kier molecular flexibility index (Phi) is 5.01. The summed E-state index contributed by atoms with van der Waals surface area (Å²) in [6, 6.07) is -0.0398. The number of rotatable bonds is 5. The van der Waals surface area contributed by atoms with Crippen LogP contribution in [-0.2, 0) is 0 Å². The van der Waals surface area contributed by atoms with Crippen LogP contribution >= 0.6 is 11.8 Å². The lowest BCUT2D eigenvalue weighted by Gasteiger charge is -2.23. The minimum Gasteiger partial charge on any atom is -0.395 e. The van der Waals surface area contributed by atoms with Crippen molar-refractivity contribution in [1.29, 1.82) is 0 Å². The third kappa shape index (κ3) is 3.77. The molecule has 0 saturated carbocycles. The number of nitrogens with zero attached hydrogens (tertiary/aromatic N) is 2. The molecule has 0 radical (unpaired) electrons. The van der Waals surface area contributed by atoms with Crippen LogP contribution in [0.3, 0.4) is 0 Å². The van der Waals surface area contributed by atoms with Crippen molar-refractivity contribution in [2.75, 3.05) is 6.61 Å². The first-order chi connectivity index (χ1) is 7.15. The molecule has 2 unspecified atom stereocenters. The van der Waals surface area contributed by atoms with Crippen LogP contribution in [0.15, 0.2) is 23.6 Å². The van der Waals surface area contributed by atoms with Gasteiger partial charge in [-0.25, -0.2) is 4.98 Å². The maximum absolute atomic E-state index is 9.26. The Morgan fingerprint density at radius 1 is 1.47 bits per heavy atom. The average molecular weight is 227 g/mol. The quantitative estimate of drug-likeness (QED) is 0.732. The molecule has 2 atom stereocenters. The van der Waals surface area contributed by atoms with Crippen molar-refractivity contribution in [1.82, 2.24) is 9.97 Å². The summed E-state index contributed by atoms with van der Waals surface area (Å²) in [5.41, 5.74) is 5.99. The highest BCUT2D eigenvalue weighted by Gasteiger charge is 2.21. The summed E-state index contributed by atoms with van der Waals surface area (Å²) in [4.78, 5) is 8.11. The van der Waals surface area contributed by atoms with Gasteiger partial charge in [-0.15, -0.1) is 0 Å². The van der Waals surface area contributed by atoms with Gasteiger partial charge < -0.3 is 10.8 Å². The van der Waals surface area contributed by atoms with E-state index in [0.29, 0.717) is 5.92 Å². The van der Waals surface area contributed by atoms with Gasteiger partial charge >= 0.3 is 0 Å². The summed E-state index contributed by atoms with van der Waals surface area (Å²) < 4.78 is 0. The van der Waals surface area contributed by atoms with Gasteiger partial charge in [0, 0.05) is 23.7 Å². The lowest BCUT2D eigenvalue weighted by atomic mass is 10.0. The van der Waals surface area contributed by atoms with Crippen LogP contribution < -0.4 is 5.73 Å². The van der Waals surface area contributed by atoms with Gasteiger partial charge in [0.1, 0.15) is 5.03 Å². The van der Waals surface area contributed by atoms with Crippen LogP contribution in [0.5, 0.6) is 0 Å². The highest BCUT2D eigenvalue weighted by Crippen LogP contribution is 2.24. The Morgan fingerprint density at radius 2 is 2.20 bits per heavy atom. The maximum atomic E-state index is 9.26. The topological polar surface area (TPSA) is 72.0 Å². The zero-order valence-electron chi connectivity index (χ0n) is 9.00. The number of aliphatic hydroxyl groups is 1. The first-order valence-corrected chi connectivity index (χ1v) is 5.82. The molecular weight excluding hydrogens is 210 g/mol. The van der Waals surface area contributed by atoms with E-state index in [-0.39, 0.29) is 17.9 Å². The first-order valence-electron chi connectivity index (χ1n) is 4.94. The molecule has 84 valence electrons. The monoisotopic (exact) mass is 227 g/mol. The third-order valence-corrected chi connectivity index (χ3v) is 3.41. The molecule has 4 nitrogen and oxygen atoms in total. The number of thioether (sulfide) groups is 1. The van der Waals surface area contributed by atoms with Crippen molar-refractivity contribution in [3.8, 4) is 0 Å². The molecule has 0 aliphatic carbocycles. The minimum atomic E-state index is -0.0398. The van der Waals surface area contributed by atoms with E-state index in [1.54, 1.807) is 18.6 Å². The molecule has 1 rings (SSSR count). The SMILES string of the molecule is CC(C)C(N)C(CO)Sc1cnccn1. The normalized spacial score (nSPS) is 15.3. The average Bonchev–Trinajstić information content (AvgIpc) is 2.26. The molecular formula is C10H17N3OS. The van der Waals surface area contributed by atoms with Crippen LogP contribution in [0.2, 0.25) is 0 Å². The molecule has 0 aliphatic rings. The first kappa shape index (κ1) is 12.4. The number of aliphatic hydroxyl groups excluding tert-OH is 1. The van der Waals surface area contributed by atoms with Crippen molar-refractivity contribution in [3.63, 3.8) is 0 Å². The molecule has 15 heavy (non-hydrogen) atoms. The zero-order chi connectivity index (χ0) is 11.3. The zero-order valence-corrected chi connectivity index (χ0v) is 9.81. The molecule has 1 aromatic rings. The molecule has 0 saturated heterocycles. The van der Waals surface area contributed by atoms with Crippen molar-refractivity contribution < 1.29 is 5.11 Å². The lowest BCUT2D eigenvalue weighted by molar-refractivity contribution is 0.269. The Hall–Kier alpha value is -0.650. The van der Waals surface area contributed by atoms with Gasteiger partial charge in [0.25, 0.3) is 0 Å². The minimum absolute atomic E-state index is 0.0262. The molecule has 3 N–H and O–H groups in total. The van der Waals surface area contributed by atoms with E-state index in [1.807, 2.05) is 13.8 Å². The molecule has 0 spiro atoms.